The molecule has 1 aromatic heterocycles. The Balaban J connectivity index is 2.46. The van der Waals surface area contributed by atoms with E-state index in [9.17, 15) is 4.79 Å². The summed E-state index contributed by atoms with van der Waals surface area (Å²) in [7, 11) is 0. The number of fused-ring (bicyclic) bond motifs is 1. The van der Waals surface area contributed by atoms with Gasteiger partial charge in [0, 0.05) is 15.9 Å². The van der Waals surface area contributed by atoms with Gasteiger partial charge in [0.2, 0.25) is 0 Å². The molecule has 1 amide bonds. The fourth-order valence-corrected chi connectivity index (χ4v) is 1.45. The van der Waals surface area contributed by atoms with Gasteiger partial charge in [0.15, 0.2) is 0 Å². The second-order valence-electron chi connectivity index (χ2n) is 2.84. The van der Waals surface area contributed by atoms with Crippen molar-refractivity contribution in [2.24, 2.45) is 0 Å². The average Bonchev–Trinajstić information content (AvgIpc) is 2.44. The van der Waals surface area contributed by atoms with Crippen LogP contribution in [0, 0.1) is 0 Å². The lowest BCUT2D eigenvalue weighted by molar-refractivity contribution is 0.209. The molecule has 0 saturated heterocycles. The number of aromatic nitrogens is 1. The number of carboxylic acid groups (broad SMARTS) is 1. The Hall–Kier alpha value is -1.68. The molecule has 0 aliphatic carbocycles. The zero-order valence-corrected chi connectivity index (χ0v) is 7.80. The molecule has 2 aromatic rings. The predicted molar refractivity (Wildman–Crippen MR) is 55.0 cm³/mol. The van der Waals surface area contributed by atoms with Crippen LogP contribution in [0.25, 0.3) is 10.9 Å². The van der Waals surface area contributed by atoms with Gasteiger partial charge in [0.05, 0.1) is 0 Å². The van der Waals surface area contributed by atoms with Crippen LogP contribution in [-0.2, 0) is 0 Å². The van der Waals surface area contributed by atoms with E-state index in [1.165, 1.54) is 0 Å². The summed E-state index contributed by atoms with van der Waals surface area (Å²) in [6.07, 6.45) is -1.09. The third-order valence-electron chi connectivity index (χ3n) is 1.83. The summed E-state index contributed by atoms with van der Waals surface area (Å²) in [5.74, 6) is 0.440. The quantitative estimate of drug-likeness (QED) is 0.678. The van der Waals surface area contributed by atoms with E-state index in [1.54, 1.807) is 18.2 Å². The molecule has 2 rings (SSSR count). The second kappa shape index (κ2) is 3.23. The highest BCUT2D eigenvalue weighted by Crippen LogP contribution is 2.21. The number of anilines is 1. The molecule has 5 heteroatoms. The van der Waals surface area contributed by atoms with E-state index in [0.717, 1.165) is 10.9 Å². The van der Waals surface area contributed by atoms with Gasteiger partial charge < -0.3 is 10.1 Å². The van der Waals surface area contributed by atoms with E-state index < -0.39 is 6.09 Å². The maximum absolute atomic E-state index is 10.4. The summed E-state index contributed by atoms with van der Waals surface area (Å²) < 4.78 is 0. The van der Waals surface area contributed by atoms with Crippen LogP contribution in [0.5, 0.6) is 0 Å². The minimum atomic E-state index is -1.09. The van der Waals surface area contributed by atoms with E-state index >= 15 is 0 Å². The molecule has 1 heterocycles. The summed E-state index contributed by atoms with van der Waals surface area (Å²) in [5.41, 5.74) is 0.807. The lowest BCUT2D eigenvalue weighted by Gasteiger charge is -1.93. The summed E-state index contributed by atoms with van der Waals surface area (Å²) in [6.45, 7) is 0. The van der Waals surface area contributed by atoms with Crippen LogP contribution in [0.2, 0.25) is 5.02 Å². The third-order valence-corrected chi connectivity index (χ3v) is 2.06. The van der Waals surface area contributed by atoms with E-state index in [1.807, 2.05) is 6.07 Å². The molecule has 0 aliphatic heterocycles. The molecular weight excluding hydrogens is 204 g/mol. The molecule has 0 saturated carbocycles. The number of carbonyl (C=O) groups is 1. The van der Waals surface area contributed by atoms with Crippen LogP contribution in [0.3, 0.4) is 0 Å². The number of amides is 1. The highest BCUT2D eigenvalue weighted by atomic mass is 35.5. The van der Waals surface area contributed by atoms with Crippen molar-refractivity contribution in [3.05, 3.63) is 29.3 Å². The Morgan fingerprint density at radius 2 is 2.21 bits per heavy atom. The average molecular weight is 211 g/mol. The zero-order valence-electron chi connectivity index (χ0n) is 7.04. The first-order valence-corrected chi connectivity index (χ1v) is 4.31. The minimum Gasteiger partial charge on any atom is -0.465 e. The smallest absolute Gasteiger partial charge is 0.410 e. The molecule has 4 nitrogen and oxygen atoms in total. The van der Waals surface area contributed by atoms with Crippen molar-refractivity contribution >= 4 is 34.4 Å². The fourth-order valence-electron chi connectivity index (χ4n) is 1.28. The molecule has 72 valence electrons. The van der Waals surface area contributed by atoms with Gasteiger partial charge in [-0.3, -0.25) is 5.32 Å². The molecular formula is C9H7ClN2O2. The van der Waals surface area contributed by atoms with Gasteiger partial charge in [0.1, 0.15) is 5.82 Å². The normalized spacial score (nSPS) is 10.4. The molecule has 1 aromatic carbocycles. The van der Waals surface area contributed by atoms with Crippen molar-refractivity contribution in [1.82, 2.24) is 4.98 Å². The highest BCUT2D eigenvalue weighted by Gasteiger charge is 2.03. The van der Waals surface area contributed by atoms with Crippen LogP contribution in [0.4, 0.5) is 10.6 Å². The number of hydrogen-bond acceptors (Lipinski definition) is 1. The van der Waals surface area contributed by atoms with Gasteiger partial charge in [-0.05, 0) is 18.2 Å². The van der Waals surface area contributed by atoms with Gasteiger partial charge in [-0.2, -0.15) is 0 Å². The summed E-state index contributed by atoms with van der Waals surface area (Å²) >= 11 is 5.78. The number of benzene rings is 1. The van der Waals surface area contributed by atoms with Gasteiger partial charge in [0.25, 0.3) is 0 Å². The van der Waals surface area contributed by atoms with Crippen LogP contribution < -0.4 is 5.32 Å². The number of aromatic amines is 1. The summed E-state index contributed by atoms with van der Waals surface area (Å²) in [6, 6.07) is 7.02. The molecule has 0 unspecified atom stereocenters. The summed E-state index contributed by atoms with van der Waals surface area (Å²) in [5, 5.41) is 12.2. The van der Waals surface area contributed by atoms with Crippen molar-refractivity contribution in [2.75, 3.05) is 5.32 Å². The van der Waals surface area contributed by atoms with Gasteiger partial charge in [-0.1, -0.05) is 17.7 Å². The number of nitrogens with one attached hydrogen (secondary N) is 2. The third kappa shape index (κ3) is 1.65. The van der Waals surface area contributed by atoms with E-state index in [-0.39, 0.29) is 0 Å². The van der Waals surface area contributed by atoms with Crippen molar-refractivity contribution in [3.8, 4) is 0 Å². The Morgan fingerprint density at radius 3 is 2.93 bits per heavy atom. The van der Waals surface area contributed by atoms with E-state index in [4.69, 9.17) is 16.7 Å². The Bertz CT molecular complexity index is 493. The molecule has 3 N–H and O–H groups in total. The first kappa shape index (κ1) is 8.90. The first-order chi connectivity index (χ1) is 6.65. The molecule has 0 bridgehead atoms. The maximum Gasteiger partial charge on any atom is 0.410 e. The predicted octanol–water partition coefficient (Wildman–Crippen LogP) is 2.91. The van der Waals surface area contributed by atoms with Crippen molar-refractivity contribution in [2.45, 2.75) is 0 Å². The highest BCUT2D eigenvalue weighted by molar-refractivity contribution is 6.31. The summed E-state index contributed by atoms with van der Waals surface area (Å²) in [4.78, 5) is 13.2. The van der Waals surface area contributed by atoms with Crippen molar-refractivity contribution in [3.63, 3.8) is 0 Å². The Labute approximate surface area is 84.5 Å². The lowest BCUT2D eigenvalue weighted by atomic mass is 10.2. The number of rotatable bonds is 1. The molecule has 0 fully saturated rings. The van der Waals surface area contributed by atoms with Crippen LogP contribution in [0.15, 0.2) is 24.3 Å². The Kier molecular flexibility index (Phi) is 2.05. The van der Waals surface area contributed by atoms with Crippen LogP contribution in [-0.4, -0.2) is 16.2 Å². The number of halogens is 1. The number of H-pyrrole nitrogens is 1. The number of hydrogen-bond donors (Lipinski definition) is 3. The van der Waals surface area contributed by atoms with Gasteiger partial charge in [-0.25, -0.2) is 4.79 Å². The first-order valence-electron chi connectivity index (χ1n) is 3.93. The van der Waals surface area contributed by atoms with Crippen LogP contribution >= 0.6 is 11.6 Å². The zero-order chi connectivity index (χ0) is 10.1. The van der Waals surface area contributed by atoms with E-state index in [2.05, 4.69) is 10.3 Å². The van der Waals surface area contributed by atoms with Crippen molar-refractivity contribution < 1.29 is 9.90 Å². The standard InChI is InChI=1S/C9H7ClN2O2/c10-6-2-1-5-3-8(12-9(13)14)11-7(5)4-6/h1-4,11-12H,(H,13,14). The lowest BCUT2D eigenvalue weighted by Crippen LogP contribution is -2.06. The molecule has 0 atom stereocenters. The molecule has 0 radical (unpaired) electrons. The van der Waals surface area contributed by atoms with Crippen molar-refractivity contribution in [1.29, 1.82) is 0 Å². The Morgan fingerprint density at radius 1 is 1.43 bits per heavy atom. The van der Waals surface area contributed by atoms with Crippen LogP contribution in [0.1, 0.15) is 0 Å². The second-order valence-corrected chi connectivity index (χ2v) is 3.28. The minimum absolute atomic E-state index is 0.440. The largest absolute Gasteiger partial charge is 0.465 e. The van der Waals surface area contributed by atoms with Gasteiger partial charge in [-0.15, -0.1) is 0 Å². The topological polar surface area (TPSA) is 65.1 Å². The van der Waals surface area contributed by atoms with Gasteiger partial charge >= 0.3 is 6.09 Å². The SMILES string of the molecule is O=C(O)Nc1cc2ccc(Cl)cc2[nH]1. The monoisotopic (exact) mass is 210 g/mol. The fraction of sp³-hybridized carbons (Fsp3) is 0. The molecule has 14 heavy (non-hydrogen) atoms. The molecule has 0 spiro atoms. The maximum atomic E-state index is 10.4. The molecule has 0 aliphatic rings. The van der Waals surface area contributed by atoms with E-state index in [0.29, 0.717) is 10.8 Å².